The smallest absolute Gasteiger partial charge is 0.176 e. The van der Waals surface area contributed by atoms with Gasteiger partial charge in [0.2, 0.25) is 0 Å². The lowest BCUT2D eigenvalue weighted by molar-refractivity contribution is 0.243. The van der Waals surface area contributed by atoms with Gasteiger partial charge in [-0.2, -0.15) is 0 Å². The minimum atomic E-state index is -3.24. The Morgan fingerprint density at radius 3 is 2.39 bits per heavy atom. The molecule has 1 saturated heterocycles. The highest BCUT2D eigenvalue weighted by atomic mass is 127. The molecule has 0 aliphatic carbocycles. The molecule has 120 valence electrons. The summed E-state index contributed by atoms with van der Waals surface area (Å²) in [5, 5.41) is 0. The highest BCUT2D eigenvalue weighted by Gasteiger charge is 2.28. The SMILES string of the molecule is CS(=O)(=O)C(=C1CN(Cc2ccccc2)C1)c1cccc(I)c1. The van der Waals surface area contributed by atoms with Crippen molar-refractivity contribution in [1.29, 1.82) is 0 Å². The number of sulfone groups is 1. The molecule has 23 heavy (non-hydrogen) atoms. The zero-order valence-electron chi connectivity index (χ0n) is 12.9. The molecule has 0 amide bonds. The van der Waals surface area contributed by atoms with Crippen molar-refractivity contribution in [2.24, 2.45) is 0 Å². The first-order chi connectivity index (χ1) is 10.9. The lowest BCUT2D eigenvalue weighted by Gasteiger charge is -2.35. The molecule has 3 rings (SSSR count). The molecule has 1 aliphatic heterocycles. The van der Waals surface area contributed by atoms with Crippen LogP contribution in [0.5, 0.6) is 0 Å². The second kappa shape index (κ2) is 6.75. The van der Waals surface area contributed by atoms with E-state index in [1.807, 2.05) is 42.5 Å². The number of hydrogen-bond donors (Lipinski definition) is 0. The summed E-state index contributed by atoms with van der Waals surface area (Å²) in [5.41, 5.74) is 3.06. The maximum absolute atomic E-state index is 12.3. The molecule has 5 heteroatoms. The van der Waals surface area contributed by atoms with E-state index in [2.05, 4.69) is 39.6 Å². The fourth-order valence-electron chi connectivity index (χ4n) is 2.90. The van der Waals surface area contributed by atoms with Gasteiger partial charge >= 0.3 is 0 Å². The largest absolute Gasteiger partial charge is 0.291 e. The fraction of sp³-hybridized carbons (Fsp3) is 0.222. The molecule has 1 aliphatic rings. The molecule has 2 aromatic carbocycles. The van der Waals surface area contributed by atoms with Gasteiger partial charge in [0.15, 0.2) is 9.84 Å². The van der Waals surface area contributed by atoms with Crippen LogP contribution in [0.25, 0.3) is 4.91 Å². The Hall–Kier alpha value is -1.18. The van der Waals surface area contributed by atoms with Crippen LogP contribution in [0.2, 0.25) is 0 Å². The number of benzene rings is 2. The fourth-order valence-corrected chi connectivity index (χ4v) is 4.65. The summed E-state index contributed by atoms with van der Waals surface area (Å²) in [5.74, 6) is 0. The molecule has 0 unspecified atom stereocenters. The first kappa shape index (κ1) is 16.7. The normalized spacial score (nSPS) is 15.3. The van der Waals surface area contributed by atoms with Crippen LogP contribution in [0.4, 0.5) is 0 Å². The van der Waals surface area contributed by atoms with E-state index in [0.717, 1.165) is 21.3 Å². The number of nitrogens with zero attached hydrogens (tertiary/aromatic N) is 1. The first-order valence-corrected chi connectivity index (χ1v) is 10.3. The van der Waals surface area contributed by atoms with Crippen molar-refractivity contribution in [3.8, 4) is 0 Å². The number of rotatable bonds is 4. The van der Waals surface area contributed by atoms with Crippen molar-refractivity contribution in [2.45, 2.75) is 6.54 Å². The van der Waals surface area contributed by atoms with Crippen molar-refractivity contribution in [3.05, 3.63) is 74.9 Å². The summed E-state index contributed by atoms with van der Waals surface area (Å²) < 4.78 is 25.6. The van der Waals surface area contributed by atoms with Crippen LogP contribution in [0.15, 0.2) is 60.2 Å². The van der Waals surface area contributed by atoms with Crippen LogP contribution in [-0.2, 0) is 16.4 Å². The average Bonchev–Trinajstić information content (AvgIpc) is 2.45. The molecule has 0 saturated carbocycles. The second-order valence-corrected chi connectivity index (χ2v) is 9.04. The van der Waals surface area contributed by atoms with Gasteiger partial charge in [0.05, 0.1) is 4.91 Å². The van der Waals surface area contributed by atoms with Crippen molar-refractivity contribution >= 4 is 37.3 Å². The maximum Gasteiger partial charge on any atom is 0.176 e. The number of halogens is 1. The van der Waals surface area contributed by atoms with Gasteiger partial charge in [0.1, 0.15) is 0 Å². The molecule has 0 aromatic heterocycles. The summed E-state index contributed by atoms with van der Waals surface area (Å²) in [7, 11) is -3.24. The van der Waals surface area contributed by atoms with Gasteiger partial charge in [-0.25, -0.2) is 8.42 Å². The first-order valence-electron chi connectivity index (χ1n) is 7.38. The lowest BCUT2D eigenvalue weighted by atomic mass is 10.0. The molecule has 0 spiro atoms. The zero-order valence-corrected chi connectivity index (χ0v) is 15.8. The molecule has 0 radical (unpaired) electrons. The molecule has 1 heterocycles. The van der Waals surface area contributed by atoms with Crippen molar-refractivity contribution in [3.63, 3.8) is 0 Å². The van der Waals surface area contributed by atoms with Crippen LogP contribution in [0.3, 0.4) is 0 Å². The Morgan fingerprint density at radius 2 is 1.78 bits per heavy atom. The van der Waals surface area contributed by atoms with Crippen molar-refractivity contribution in [2.75, 3.05) is 19.3 Å². The molecule has 1 fully saturated rings. The number of likely N-dealkylation sites (tertiary alicyclic amines) is 1. The van der Waals surface area contributed by atoms with E-state index in [1.165, 1.54) is 11.8 Å². The quantitative estimate of drug-likeness (QED) is 0.684. The lowest BCUT2D eigenvalue weighted by Crippen LogP contribution is -2.40. The minimum absolute atomic E-state index is 0.500. The van der Waals surface area contributed by atoms with E-state index < -0.39 is 9.84 Å². The topological polar surface area (TPSA) is 37.4 Å². The Labute approximate surface area is 151 Å². The van der Waals surface area contributed by atoms with E-state index in [0.29, 0.717) is 18.0 Å². The van der Waals surface area contributed by atoms with Gasteiger partial charge < -0.3 is 0 Å². The van der Waals surface area contributed by atoms with Gasteiger partial charge in [0.25, 0.3) is 0 Å². The Morgan fingerprint density at radius 1 is 1.09 bits per heavy atom. The predicted octanol–water partition coefficient (Wildman–Crippen LogP) is 3.56. The molecule has 3 nitrogen and oxygen atoms in total. The van der Waals surface area contributed by atoms with E-state index in [4.69, 9.17) is 0 Å². The van der Waals surface area contributed by atoms with Crippen molar-refractivity contribution < 1.29 is 8.42 Å². The maximum atomic E-state index is 12.3. The summed E-state index contributed by atoms with van der Waals surface area (Å²) in [6, 6.07) is 17.9. The Bertz CT molecular complexity index is 836. The van der Waals surface area contributed by atoms with Crippen LogP contribution in [-0.4, -0.2) is 32.7 Å². The second-order valence-electron chi connectivity index (χ2n) is 5.85. The summed E-state index contributed by atoms with van der Waals surface area (Å²) in [6.07, 6.45) is 1.30. The average molecular weight is 439 g/mol. The van der Waals surface area contributed by atoms with Gasteiger partial charge in [-0.15, -0.1) is 0 Å². The molecule has 0 N–H and O–H groups in total. The van der Waals surface area contributed by atoms with Gasteiger partial charge in [-0.3, -0.25) is 4.90 Å². The van der Waals surface area contributed by atoms with Crippen LogP contribution in [0.1, 0.15) is 11.1 Å². The summed E-state index contributed by atoms with van der Waals surface area (Å²) >= 11 is 2.21. The minimum Gasteiger partial charge on any atom is -0.291 e. The van der Waals surface area contributed by atoms with Gasteiger partial charge in [-0.05, 0) is 51.4 Å². The molecule has 0 atom stereocenters. The molecular formula is C18H18INO2S. The van der Waals surface area contributed by atoms with E-state index >= 15 is 0 Å². The molecule has 2 aromatic rings. The summed E-state index contributed by atoms with van der Waals surface area (Å²) in [4.78, 5) is 2.75. The molecule has 0 bridgehead atoms. The van der Waals surface area contributed by atoms with E-state index in [1.54, 1.807) is 0 Å². The standard InChI is InChI=1S/C18H18INO2S/c1-23(21,22)18(15-8-5-9-17(19)10-15)16-12-20(13-16)11-14-6-3-2-4-7-14/h2-10H,11-13H2,1H3. The highest BCUT2D eigenvalue weighted by Crippen LogP contribution is 2.31. The Kier molecular flexibility index (Phi) is 4.89. The van der Waals surface area contributed by atoms with Gasteiger partial charge in [0, 0.05) is 29.5 Å². The predicted molar refractivity (Wildman–Crippen MR) is 103 cm³/mol. The van der Waals surface area contributed by atoms with Crippen LogP contribution in [0, 0.1) is 3.57 Å². The molecular weight excluding hydrogens is 421 g/mol. The van der Waals surface area contributed by atoms with E-state index in [9.17, 15) is 8.42 Å². The third-order valence-electron chi connectivity index (χ3n) is 3.86. The van der Waals surface area contributed by atoms with Gasteiger partial charge in [-0.1, -0.05) is 42.5 Å². The van der Waals surface area contributed by atoms with Crippen molar-refractivity contribution in [1.82, 2.24) is 4.90 Å². The number of hydrogen-bond acceptors (Lipinski definition) is 3. The third kappa shape index (κ3) is 4.02. The zero-order chi connectivity index (χ0) is 16.4. The Balaban J connectivity index is 1.84. The van der Waals surface area contributed by atoms with E-state index in [-0.39, 0.29) is 0 Å². The van der Waals surface area contributed by atoms with Crippen LogP contribution >= 0.6 is 22.6 Å². The van der Waals surface area contributed by atoms with Crippen LogP contribution < -0.4 is 0 Å². The summed E-state index contributed by atoms with van der Waals surface area (Å²) in [6.45, 7) is 2.28. The highest BCUT2D eigenvalue weighted by molar-refractivity contribution is 14.1. The monoisotopic (exact) mass is 439 g/mol. The third-order valence-corrected chi connectivity index (χ3v) is 5.79.